The van der Waals surface area contributed by atoms with Crippen molar-refractivity contribution in [1.29, 1.82) is 0 Å². The van der Waals surface area contributed by atoms with E-state index < -0.39 is 39.6 Å². The van der Waals surface area contributed by atoms with E-state index in [1.54, 1.807) is 43.9 Å². The second-order valence-electron chi connectivity index (χ2n) is 11.4. The molecule has 0 bridgehead atoms. The average molecular weight is 637 g/mol. The van der Waals surface area contributed by atoms with E-state index in [1.165, 1.54) is 33.7 Å². The number of rotatable bonds is 4. The fraction of sp³-hybridized carbons (Fsp3) is 0.481. The molecule has 2 aromatic heterocycles. The first-order chi connectivity index (χ1) is 19.7. The number of fused-ring (bicyclic) bond motifs is 2. The first-order valence-corrected chi connectivity index (χ1v) is 16.1. The SMILES string of the molecule is CNC(=O)C1CN(S(=O)(=O)c2cc3cc(Cl)ccc3[nH]2)CCN1C(=O)c1nc2c(s1)CN(C(=O)OC(C)(C)C)C(C)C2. The van der Waals surface area contributed by atoms with Crippen LogP contribution in [0, 0.1) is 0 Å². The van der Waals surface area contributed by atoms with Crippen molar-refractivity contribution in [3.63, 3.8) is 0 Å². The summed E-state index contributed by atoms with van der Waals surface area (Å²) in [7, 11) is -2.57. The van der Waals surface area contributed by atoms with Crippen molar-refractivity contribution >= 4 is 61.8 Å². The Labute approximate surface area is 253 Å². The van der Waals surface area contributed by atoms with Crippen LogP contribution >= 0.6 is 22.9 Å². The third-order valence-corrected chi connectivity index (χ3v) is 10.3. The van der Waals surface area contributed by atoms with E-state index >= 15 is 0 Å². The normalized spacial score (nSPS) is 20.0. The zero-order valence-electron chi connectivity index (χ0n) is 23.9. The molecule has 2 unspecified atom stereocenters. The number of carbonyl (C=O) groups excluding carboxylic acids is 3. The third kappa shape index (κ3) is 5.85. The lowest BCUT2D eigenvalue weighted by Crippen LogP contribution is -2.61. The van der Waals surface area contributed by atoms with Crippen LogP contribution in [0.2, 0.25) is 5.02 Å². The number of aromatic amines is 1. The van der Waals surface area contributed by atoms with E-state index in [9.17, 15) is 22.8 Å². The van der Waals surface area contributed by atoms with Crippen LogP contribution in [0.3, 0.4) is 0 Å². The van der Waals surface area contributed by atoms with Crippen LogP contribution in [0.1, 0.15) is 48.1 Å². The molecule has 1 saturated heterocycles. The molecule has 1 fully saturated rings. The molecule has 2 aliphatic heterocycles. The number of H-pyrrole nitrogens is 1. The first kappa shape index (κ1) is 30.3. The largest absolute Gasteiger partial charge is 0.444 e. The van der Waals surface area contributed by atoms with Gasteiger partial charge in [0.1, 0.15) is 16.7 Å². The van der Waals surface area contributed by atoms with Crippen LogP contribution in [0.4, 0.5) is 4.79 Å². The van der Waals surface area contributed by atoms with E-state index in [4.69, 9.17) is 16.3 Å². The topological polar surface area (TPSA) is 145 Å². The van der Waals surface area contributed by atoms with E-state index in [0.717, 1.165) is 10.6 Å². The molecule has 5 rings (SSSR count). The van der Waals surface area contributed by atoms with Gasteiger partial charge in [0.05, 0.1) is 12.2 Å². The maximum Gasteiger partial charge on any atom is 0.410 e. The predicted molar refractivity (Wildman–Crippen MR) is 158 cm³/mol. The van der Waals surface area contributed by atoms with Crippen molar-refractivity contribution in [2.75, 3.05) is 26.7 Å². The lowest BCUT2D eigenvalue weighted by molar-refractivity contribution is -0.126. The number of amides is 3. The zero-order chi connectivity index (χ0) is 30.6. The zero-order valence-corrected chi connectivity index (χ0v) is 26.3. The minimum absolute atomic E-state index is 0.00705. The van der Waals surface area contributed by atoms with Gasteiger partial charge in [-0.05, 0) is 52.0 Å². The molecule has 2 aliphatic rings. The minimum atomic E-state index is -4.01. The molecule has 0 aliphatic carbocycles. The number of hydrogen-bond acceptors (Lipinski definition) is 8. The highest BCUT2D eigenvalue weighted by molar-refractivity contribution is 7.89. The number of sulfonamides is 1. The molecule has 226 valence electrons. The fourth-order valence-electron chi connectivity index (χ4n) is 5.11. The van der Waals surface area contributed by atoms with Gasteiger partial charge in [0.25, 0.3) is 15.9 Å². The third-order valence-electron chi connectivity index (χ3n) is 7.25. The van der Waals surface area contributed by atoms with Crippen molar-refractivity contribution in [1.82, 2.24) is 29.4 Å². The Morgan fingerprint density at radius 2 is 1.90 bits per heavy atom. The van der Waals surface area contributed by atoms with E-state index in [1.807, 2.05) is 6.92 Å². The number of nitrogens with zero attached hydrogens (tertiary/aromatic N) is 4. The maximum absolute atomic E-state index is 13.7. The summed E-state index contributed by atoms with van der Waals surface area (Å²) in [6, 6.07) is 5.28. The number of hydrogen-bond donors (Lipinski definition) is 2. The number of likely N-dealkylation sites (N-methyl/N-ethyl adjacent to an activating group) is 1. The molecule has 0 radical (unpaired) electrons. The molecule has 3 amide bonds. The fourth-order valence-corrected chi connectivity index (χ4v) is 7.79. The number of nitrogens with one attached hydrogen (secondary N) is 2. The quantitative estimate of drug-likeness (QED) is 0.447. The Morgan fingerprint density at radius 3 is 2.60 bits per heavy atom. The Kier molecular flexibility index (Phi) is 8.02. The molecule has 0 saturated carbocycles. The predicted octanol–water partition coefficient (Wildman–Crippen LogP) is 3.22. The van der Waals surface area contributed by atoms with Crippen molar-refractivity contribution in [2.45, 2.75) is 63.4 Å². The van der Waals surface area contributed by atoms with Crippen LogP contribution in [-0.4, -0.2) is 94.8 Å². The van der Waals surface area contributed by atoms with Crippen LogP contribution < -0.4 is 5.32 Å². The van der Waals surface area contributed by atoms with Gasteiger partial charge in [-0.25, -0.2) is 18.2 Å². The minimum Gasteiger partial charge on any atom is -0.444 e. The highest BCUT2D eigenvalue weighted by Gasteiger charge is 2.42. The standard InChI is InChI=1S/C27H33ClN6O6S2/c1-15-10-19-21(14-34(15)26(37)40-27(2,3)4)41-24(31-19)25(36)33-9-8-32(13-20(33)23(35)29-5)42(38,39)22-12-16-11-17(28)6-7-18(16)30-22/h6-7,11-12,15,20,30H,8-10,13-14H2,1-5H3,(H,29,35). The lowest BCUT2D eigenvalue weighted by Gasteiger charge is -2.39. The molecule has 15 heteroatoms. The number of aromatic nitrogens is 2. The first-order valence-electron chi connectivity index (χ1n) is 13.5. The van der Waals surface area contributed by atoms with Crippen LogP contribution in [0.25, 0.3) is 10.9 Å². The number of thiazole rings is 1. The van der Waals surface area contributed by atoms with E-state index in [0.29, 0.717) is 22.3 Å². The van der Waals surface area contributed by atoms with Crippen molar-refractivity contribution in [3.05, 3.63) is 44.9 Å². The summed E-state index contributed by atoms with van der Waals surface area (Å²) in [4.78, 5) is 50.7. The molecule has 3 aromatic rings. The monoisotopic (exact) mass is 636 g/mol. The Morgan fingerprint density at radius 1 is 1.17 bits per heavy atom. The van der Waals surface area contributed by atoms with Gasteiger partial charge in [0, 0.05) is 59.9 Å². The Balaban J connectivity index is 1.36. The molecule has 0 spiro atoms. The lowest BCUT2D eigenvalue weighted by atomic mass is 10.1. The number of piperazine rings is 1. The number of ether oxygens (including phenoxy) is 1. The molecular formula is C27H33ClN6O6S2. The number of benzene rings is 1. The van der Waals surface area contributed by atoms with Gasteiger partial charge < -0.3 is 19.9 Å². The van der Waals surface area contributed by atoms with Gasteiger partial charge in [-0.1, -0.05) is 11.6 Å². The molecular weight excluding hydrogens is 604 g/mol. The second-order valence-corrected chi connectivity index (χ2v) is 14.8. The van der Waals surface area contributed by atoms with Gasteiger partial charge in [0.15, 0.2) is 5.01 Å². The molecule has 2 N–H and O–H groups in total. The van der Waals surface area contributed by atoms with Crippen LogP contribution in [-0.2, 0) is 32.5 Å². The highest BCUT2D eigenvalue weighted by Crippen LogP contribution is 2.31. The summed E-state index contributed by atoms with van der Waals surface area (Å²) in [5, 5.41) is 3.84. The Hall–Kier alpha value is -3.20. The van der Waals surface area contributed by atoms with Gasteiger partial charge >= 0.3 is 6.09 Å². The molecule has 42 heavy (non-hydrogen) atoms. The summed E-state index contributed by atoms with van der Waals surface area (Å²) in [5.41, 5.74) is 0.701. The second kappa shape index (κ2) is 11.1. The number of carbonyl (C=O) groups is 3. The van der Waals surface area contributed by atoms with Gasteiger partial charge in [-0.3, -0.25) is 14.5 Å². The molecule has 2 atom stereocenters. The molecule has 12 nitrogen and oxygen atoms in total. The number of halogens is 1. The molecule has 4 heterocycles. The van der Waals surface area contributed by atoms with Gasteiger partial charge in [-0.2, -0.15) is 4.31 Å². The van der Waals surface area contributed by atoms with E-state index in [-0.39, 0.29) is 42.3 Å². The summed E-state index contributed by atoms with van der Waals surface area (Å²) < 4.78 is 33.9. The molecule has 1 aromatic carbocycles. The van der Waals surface area contributed by atoms with Crippen molar-refractivity contribution in [3.8, 4) is 0 Å². The average Bonchev–Trinajstić information content (AvgIpc) is 3.54. The Bertz CT molecular complexity index is 1660. The smallest absolute Gasteiger partial charge is 0.410 e. The van der Waals surface area contributed by atoms with Gasteiger partial charge in [0.2, 0.25) is 5.91 Å². The summed E-state index contributed by atoms with van der Waals surface area (Å²) in [6.07, 6.45) is 0.0240. The van der Waals surface area contributed by atoms with Crippen molar-refractivity contribution in [2.24, 2.45) is 0 Å². The van der Waals surface area contributed by atoms with E-state index in [2.05, 4.69) is 15.3 Å². The van der Waals surface area contributed by atoms with Crippen LogP contribution in [0.15, 0.2) is 29.3 Å². The van der Waals surface area contributed by atoms with Crippen LogP contribution in [0.5, 0.6) is 0 Å². The van der Waals surface area contributed by atoms with Crippen molar-refractivity contribution < 1.29 is 27.5 Å². The highest BCUT2D eigenvalue weighted by atomic mass is 35.5. The summed E-state index contributed by atoms with van der Waals surface area (Å²) in [5.74, 6) is -0.950. The summed E-state index contributed by atoms with van der Waals surface area (Å²) in [6.45, 7) is 7.33. The maximum atomic E-state index is 13.7. The summed E-state index contributed by atoms with van der Waals surface area (Å²) >= 11 is 7.23. The van der Waals surface area contributed by atoms with Gasteiger partial charge in [-0.15, -0.1) is 11.3 Å².